The molecule has 0 saturated carbocycles. The van der Waals surface area contributed by atoms with Gasteiger partial charge >= 0.3 is 10.3 Å². The Labute approximate surface area is 97.9 Å². The van der Waals surface area contributed by atoms with Gasteiger partial charge in [0.1, 0.15) is 0 Å². The van der Waals surface area contributed by atoms with Crippen molar-refractivity contribution in [2.75, 3.05) is 6.54 Å². The van der Waals surface area contributed by atoms with Crippen molar-refractivity contribution >= 4 is 22.5 Å². The quantitative estimate of drug-likeness (QED) is 0.361. The molecule has 1 aromatic heterocycles. The second kappa shape index (κ2) is 6.03. The molecule has 0 aliphatic carbocycles. The number of hydrogen-bond donors (Lipinski definition) is 3. The third kappa shape index (κ3) is 5.30. The lowest BCUT2D eigenvalue weighted by Gasteiger charge is -2.02. The van der Waals surface area contributed by atoms with Gasteiger partial charge in [0.2, 0.25) is 4.77 Å². The van der Waals surface area contributed by atoms with E-state index in [0.29, 0.717) is 17.7 Å². The molecule has 0 saturated heterocycles. The molecule has 0 fully saturated rings. The summed E-state index contributed by atoms with van der Waals surface area (Å²) >= 11 is 4.87. The second-order valence-electron chi connectivity index (χ2n) is 3.16. The topological polar surface area (TPSA) is 113 Å². The predicted molar refractivity (Wildman–Crippen MR) is 58.6 cm³/mol. The lowest BCUT2D eigenvalue weighted by Crippen LogP contribution is -2.23. The Balaban J connectivity index is 2.09. The van der Waals surface area contributed by atoms with Crippen LogP contribution in [-0.4, -0.2) is 39.7 Å². The van der Waals surface area contributed by atoms with E-state index in [9.17, 15) is 8.42 Å². The van der Waals surface area contributed by atoms with Crippen molar-refractivity contribution in [2.24, 2.45) is 0 Å². The fourth-order valence-electron chi connectivity index (χ4n) is 1.13. The Kier molecular flexibility index (Phi) is 4.99. The summed E-state index contributed by atoms with van der Waals surface area (Å²) in [6.07, 6.45) is 2.28. The number of nitrogens with zero attached hydrogens (tertiary/aromatic N) is 3. The number of H-pyrrole nitrogens is 1. The minimum absolute atomic E-state index is 0.228. The fraction of sp³-hybridized carbons (Fsp3) is 0.833. The molecule has 0 atom stereocenters. The molecule has 0 radical (unpaired) electrons. The van der Waals surface area contributed by atoms with E-state index in [1.165, 1.54) is 0 Å². The van der Waals surface area contributed by atoms with E-state index in [1.54, 1.807) is 4.68 Å². The van der Waals surface area contributed by atoms with Gasteiger partial charge in [-0.15, -0.1) is 0 Å². The van der Waals surface area contributed by atoms with E-state index >= 15 is 0 Å². The number of nitrogens with one attached hydrogen (secondary N) is 2. The zero-order valence-corrected chi connectivity index (χ0v) is 10.1. The maximum atomic E-state index is 10.3. The van der Waals surface area contributed by atoms with Crippen molar-refractivity contribution in [2.45, 2.75) is 25.8 Å². The number of aromatic nitrogens is 4. The first-order valence-corrected chi connectivity index (χ1v) is 6.54. The van der Waals surface area contributed by atoms with E-state index in [2.05, 4.69) is 15.5 Å². The van der Waals surface area contributed by atoms with Crippen LogP contribution in [-0.2, 0) is 16.8 Å². The zero-order chi connectivity index (χ0) is 12.0. The van der Waals surface area contributed by atoms with Crippen LogP contribution in [0.5, 0.6) is 0 Å². The van der Waals surface area contributed by atoms with E-state index in [4.69, 9.17) is 16.8 Å². The molecule has 3 N–H and O–H groups in total. The molecule has 92 valence electrons. The first-order valence-electron chi connectivity index (χ1n) is 4.69. The minimum Gasteiger partial charge on any atom is -0.273 e. The summed E-state index contributed by atoms with van der Waals surface area (Å²) in [7, 11) is -4.06. The Hall–Kier alpha value is -0.840. The third-order valence-electron chi connectivity index (χ3n) is 1.87. The molecule has 10 heteroatoms. The maximum absolute atomic E-state index is 10.3. The Morgan fingerprint density at radius 1 is 1.44 bits per heavy atom. The van der Waals surface area contributed by atoms with Gasteiger partial charge in [-0.3, -0.25) is 4.55 Å². The van der Waals surface area contributed by atoms with Crippen LogP contribution in [0.2, 0.25) is 0 Å². The molecular weight excluding hydrogens is 254 g/mol. The maximum Gasteiger partial charge on any atom is 0.333 e. The summed E-state index contributed by atoms with van der Waals surface area (Å²) < 4.78 is 33.0. The first kappa shape index (κ1) is 13.2. The molecule has 0 aliphatic heterocycles. The van der Waals surface area contributed by atoms with Gasteiger partial charge in [-0.05, 0) is 25.1 Å². The number of hydrogen-bond acceptors (Lipinski definition) is 5. The van der Waals surface area contributed by atoms with Crippen LogP contribution in [0.1, 0.15) is 19.3 Å². The van der Waals surface area contributed by atoms with Crippen molar-refractivity contribution in [1.29, 1.82) is 0 Å². The lowest BCUT2D eigenvalue weighted by molar-refractivity contribution is 0.463. The van der Waals surface area contributed by atoms with Crippen LogP contribution in [0, 0.1) is 4.77 Å². The SMILES string of the molecule is O=S(=O)(O)NCCCCCn1[nH]nnc1=S. The molecule has 0 aliphatic rings. The second-order valence-corrected chi connectivity index (χ2v) is 4.77. The van der Waals surface area contributed by atoms with E-state index < -0.39 is 10.3 Å². The highest BCUT2D eigenvalue weighted by molar-refractivity contribution is 7.83. The first-order chi connectivity index (χ1) is 7.49. The fourth-order valence-corrected chi connectivity index (χ4v) is 1.71. The van der Waals surface area contributed by atoms with Gasteiger partial charge < -0.3 is 0 Å². The summed E-state index contributed by atoms with van der Waals surface area (Å²) in [5, 5.41) is 9.76. The molecule has 0 aromatic carbocycles. The summed E-state index contributed by atoms with van der Waals surface area (Å²) in [6, 6.07) is 0. The van der Waals surface area contributed by atoms with Crippen molar-refractivity contribution in [1.82, 2.24) is 24.9 Å². The Morgan fingerprint density at radius 3 is 2.75 bits per heavy atom. The number of tetrazole rings is 1. The lowest BCUT2D eigenvalue weighted by atomic mass is 10.2. The van der Waals surface area contributed by atoms with Gasteiger partial charge in [0.15, 0.2) is 0 Å². The van der Waals surface area contributed by atoms with Crippen molar-refractivity contribution < 1.29 is 13.0 Å². The molecule has 0 unspecified atom stereocenters. The zero-order valence-electron chi connectivity index (χ0n) is 8.46. The predicted octanol–water partition coefficient (Wildman–Crippen LogP) is -0.102. The molecule has 1 aromatic rings. The van der Waals surface area contributed by atoms with Gasteiger partial charge in [0.05, 0.1) is 0 Å². The van der Waals surface area contributed by atoms with E-state index in [0.717, 1.165) is 12.8 Å². The molecule has 1 rings (SSSR count). The van der Waals surface area contributed by atoms with E-state index in [1.807, 2.05) is 4.72 Å². The van der Waals surface area contributed by atoms with Crippen molar-refractivity contribution in [3.8, 4) is 0 Å². The summed E-state index contributed by atoms with van der Waals surface area (Å²) in [4.78, 5) is 0. The standard InChI is InChI=1S/C6H13N5O3S2/c12-16(13,14)7-4-2-1-3-5-11-6(15)8-9-10-11/h7H,1-5H2,(H,8,10,15)(H,12,13,14). The normalized spacial score (nSPS) is 11.8. The van der Waals surface area contributed by atoms with Crippen LogP contribution in [0.25, 0.3) is 0 Å². The van der Waals surface area contributed by atoms with Crippen molar-refractivity contribution in [3.05, 3.63) is 4.77 Å². The van der Waals surface area contributed by atoms with Crippen LogP contribution in [0.4, 0.5) is 0 Å². The molecule has 0 spiro atoms. The third-order valence-corrected chi connectivity index (χ3v) is 2.75. The molecule has 16 heavy (non-hydrogen) atoms. The van der Waals surface area contributed by atoms with Crippen LogP contribution in [0.15, 0.2) is 0 Å². The average Bonchev–Trinajstić information content (AvgIpc) is 2.56. The molecular formula is C6H13N5O3S2. The van der Waals surface area contributed by atoms with Crippen LogP contribution >= 0.6 is 12.2 Å². The van der Waals surface area contributed by atoms with Gasteiger partial charge in [-0.25, -0.2) is 4.68 Å². The number of rotatable bonds is 7. The highest BCUT2D eigenvalue weighted by atomic mass is 32.2. The smallest absolute Gasteiger partial charge is 0.273 e. The highest BCUT2D eigenvalue weighted by Gasteiger charge is 2.01. The van der Waals surface area contributed by atoms with Gasteiger partial charge in [-0.2, -0.15) is 18.4 Å². The monoisotopic (exact) mass is 267 g/mol. The van der Waals surface area contributed by atoms with Gasteiger partial charge in [0, 0.05) is 13.1 Å². The van der Waals surface area contributed by atoms with E-state index in [-0.39, 0.29) is 6.54 Å². The summed E-state index contributed by atoms with van der Waals surface area (Å²) in [6.45, 7) is 0.892. The number of aryl methyl sites for hydroxylation is 1. The van der Waals surface area contributed by atoms with Crippen molar-refractivity contribution in [3.63, 3.8) is 0 Å². The van der Waals surface area contributed by atoms with Gasteiger partial charge in [-0.1, -0.05) is 16.7 Å². The summed E-state index contributed by atoms with van der Waals surface area (Å²) in [5.74, 6) is 0. The Morgan fingerprint density at radius 2 is 2.19 bits per heavy atom. The minimum atomic E-state index is -4.06. The molecule has 0 bridgehead atoms. The number of aromatic amines is 1. The molecule has 8 nitrogen and oxygen atoms in total. The average molecular weight is 267 g/mol. The Bertz CT molecular complexity index is 465. The molecule has 0 amide bonds. The van der Waals surface area contributed by atoms with Gasteiger partial charge in [0.25, 0.3) is 0 Å². The van der Waals surface area contributed by atoms with Crippen LogP contribution in [0.3, 0.4) is 0 Å². The largest absolute Gasteiger partial charge is 0.333 e. The number of unbranched alkanes of at least 4 members (excludes halogenated alkanes) is 2. The molecule has 1 heterocycles. The van der Waals surface area contributed by atoms with Crippen LogP contribution < -0.4 is 4.72 Å². The highest BCUT2D eigenvalue weighted by Crippen LogP contribution is 1.97. The summed E-state index contributed by atoms with van der Waals surface area (Å²) in [5.41, 5.74) is 0.